The van der Waals surface area contributed by atoms with Crippen LogP contribution in [-0.4, -0.2) is 17.6 Å². The summed E-state index contributed by atoms with van der Waals surface area (Å²) in [6, 6.07) is 8.97. The minimum Gasteiger partial charge on any atom is -0.291 e. The van der Waals surface area contributed by atoms with Gasteiger partial charge in [0, 0.05) is 12.6 Å². The average molecular weight is 247 g/mol. The summed E-state index contributed by atoms with van der Waals surface area (Å²) in [5.74, 6) is 0. The van der Waals surface area contributed by atoms with Crippen LogP contribution in [0.2, 0.25) is 0 Å². The van der Waals surface area contributed by atoms with Gasteiger partial charge in [0.05, 0.1) is 0 Å². The Morgan fingerprint density at radius 1 is 1.28 bits per heavy atom. The van der Waals surface area contributed by atoms with E-state index >= 15 is 0 Å². The van der Waals surface area contributed by atoms with Crippen molar-refractivity contribution in [1.29, 1.82) is 0 Å². The Morgan fingerprint density at radius 2 is 1.94 bits per heavy atom. The van der Waals surface area contributed by atoms with Gasteiger partial charge in [0.2, 0.25) is 0 Å². The highest BCUT2D eigenvalue weighted by molar-refractivity contribution is 5.28. The molecule has 1 heterocycles. The van der Waals surface area contributed by atoms with E-state index in [0.29, 0.717) is 6.04 Å². The van der Waals surface area contributed by atoms with Gasteiger partial charge in [0.25, 0.3) is 0 Å². The lowest BCUT2D eigenvalue weighted by Crippen LogP contribution is -2.39. The van der Waals surface area contributed by atoms with E-state index in [1.807, 2.05) is 0 Å². The number of benzene rings is 1. The quantitative estimate of drug-likeness (QED) is 0.780. The van der Waals surface area contributed by atoms with Crippen LogP contribution in [0.3, 0.4) is 0 Å². The van der Waals surface area contributed by atoms with Crippen LogP contribution >= 0.6 is 0 Å². The Morgan fingerprint density at radius 3 is 2.56 bits per heavy atom. The van der Waals surface area contributed by atoms with E-state index < -0.39 is 0 Å². The molecule has 2 nitrogen and oxygen atoms in total. The highest BCUT2D eigenvalue weighted by atomic mass is 16.7. The average Bonchev–Trinajstić information content (AvgIpc) is 2.76. The largest absolute Gasteiger partial charge is 0.291 e. The fourth-order valence-corrected chi connectivity index (χ4v) is 2.39. The zero-order chi connectivity index (χ0) is 13.3. The Kier molecular flexibility index (Phi) is 3.79. The molecule has 2 rings (SSSR count). The van der Waals surface area contributed by atoms with Crippen LogP contribution in [0.1, 0.15) is 51.3 Å². The van der Waals surface area contributed by atoms with Crippen molar-refractivity contribution in [2.24, 2.45) is 5.41 Å². The maximum absolute atomic E-state index is 6.15. The summed E-state index contributed by atoms with van der Waals surface area (Å²) in [5, 5.41) is 2.16. The highest BCUT2D eigenvalue weighted by Crippen LogP contribution is 2.35. The second kappa shape index (κ2) is 5.02. The predicted octanol–water partition coefficient (Wildman–Crippen LogP) is 4.11. The molecule has 1 aromatic carbocycles. The van der Waals surface area contributed by atoms with E-state index in [1.54, 1.807) is 0 Å². The highest BCUT2D eigenvalue weighted by Gasteiger charge is 2.34. The van der Waals surface area contributed by atoms with Gasteiger partial charge in [0.15, 0.2) is 0 Å². The van der Waals surface area contributed by atoms with Crippen LogP contribution in [0.25, 0.3) is 0 Å². The molecule has 18 heavy (non-hydrogen) atoms. The molecule has 1 saturated heterocycles. The molecule has 0 N–H and O–H groups in total. The van der Waals surface area contributed by atoms with Gasteiger partial charge in [-0.05, 0) is 36.8 Å². The normalized spacial score (nSPS) is 23.3. The fourth-order valence-electron chi connectivity index (χ4n) is 2.39. The van der Waals surface area contributed by atoms with Gasteiger partial charge in [-0.3, -0.25) is 4.84 Å². The van der Waals surface area contributed by atoms with Crippen molar-refractivity contribution >= 4 is 0 Å². The summed E-state index contributed by atoms with van der Waals surface area (Å²) in [6.45, 7) is 12.2. The van der Waals surface area contributed by atoms with Crippen LogP contribution in [0.15, 0.2) is 24.3 Å². The standard InChI is InChI=1S/C16H25NO/c1-12-8-6-7-9-14(12)15-10-11-17(18-15)13(2)16(3,4)5/h6-9,13,15H,10-11H2,1-5H3. The summed E-state index contributed by atoms with van der Waals surface area (Å²) in [6.07, 6.45) is 1.32. The lowest BCUT2D eigenvalue weighted by molar-refractivity contribution is -0.189. The SMILES string of the molecule is Cc1ccccc1C1CCN(C(C)C(C)(C)C)O1. The van der Waals surface area contributed by atoms with Gasteiger partial charge in [-0.1, -0.05) is 45.0 Å². The molecule has 0 radical (unpaired) electrons. The van der Waals surface area contributed by atoms with Crippen molar-refractivity contribution in [2.45, 2.75) is 53.2 Å². The molecule has 2 atom stereocenters. The van der Waals surface area contributed by atoms with E-state index in [2.05, 4.69) is 63.9 Å². The molecule has 1 fully saturated rings. The summed E-state index contributed by atoms with van der Waals surface area (Å²) in [4.78, 5) is 6.15. The molecule has 2 unspecified atom stereocenters. The maximum atomic E-state index is 6.15. The number of hydrogen-bond donors (Lipinski definition) is 0. The van der Waals surface area contributed by atoms with Crippen molar-refractivity contribution in [2.75, 3.05) is 6.54 Å². The van der Waals surface area contributed by atoms with Gasteiger partial charge in [-0.25, -0.2) is 0 Å². The second-order valence-electron chi connectivity index (χ2n) is 6.42. The molecule has 0 aromatic heterocycles. The third kappa shape index (κ3) is 2.76. The van der Waals surface area contributed by atoms with Crippen molar-refractivity contribution in [1.82, 2.24) is 5.06 Å². The lowest BCUT2D eigenvalue weighted by atomic mass is 9.88. The summed E-state index contributed by atoms with van der Waals surface area (Å²) in [7, 11) is 0. The van der Waals surface area contributed by atoms with E-state index in [-0.39, 0.29) is 11.5 Å². The molecule has 0 saturated carbocycles. The molecule has 1 aromatic rings. The third-order valence-corrected chi connectivity index (χ3v) is 4.09. The minimum absolute atomic E-state index is 0.232. The van der Waals surface area contributed by atoms with E-state index in [9.17, 15) is 0 Å². The number of hydrogen-bond acceptors (Lipinski definition) is 2. The van der Waals surface area contributed by atoms with Crippen LogP contribution in [0, 0.1) is 12.3 Å². The van der Waals surface area contributed by atoms with Crippen LogP contribution in [-0.2, 0) is 4.84 Å². The molecule has 1 aliphatic rings. The zero-order valence-electron chi connectivity index (χ0n) is 12.2. The minimum atomic E-state index is 0.232. The number of rotatable bonds is 2. The third-order valence-electron chi connectivity index (χ3n) is 4.09. The number of aryl methyl sites for hydroxylation is 1. The Labute approximate surface area is 111 Å². The molecule has 0 bridgehead atoms. The lowest BCUT2D eigenvalue weighted by Gasteiger charge is -2.34. The van der Waals surface area contributed by atoms with Gasteiger partial charge < -0.3 is 0 Å². The van der Waals surface area contributed by atoms with E-state index in [0.717, 1.165) is 13.0 Å². The summed E-state index contributed by atoms with van der Waals surface area (Å²) < 4.78 is 0. The number of hydroxylamine groups is 2. The first-order valence-corrected chi connectivity index (χ1v) is 6.88. The second-order valence-corrected chi connectivity index (χ2v) is 6.42. The van der Waals surface area contributed by atoms with Crippen molar-refractivity contribution in [3.8, 4) is 0 Å². The van der Waals surface area contributed by atoms with E-state index in [1.165, 1.54) is 11.1 Å². The van der Waals surface area contributed by atoms with Gasteiger partial charge in [-0.2, -0.15) is 5.06 Å². The van der Waals surface area contributed by atoms with Crippen LogP contribution in [0.5, 0.6) is 0 Å². The first-order chi connectivity index (χ1) is 8.39. The van der Waals surface area contributed by atoms with Gasteiger partial charge >= 0.3 is 0 Å². The molecular formula is C16H25NO. The molecular weight excluding hydrogens is 222 g/mol. The van der Waals surface area contributed by atoms with Crippen LogP contribution < -0.4 is 0 Å². The fraction of sp³-hybridized carbons (Fsp3) is 0.625. The monoisotopic (exact) mass is 247 g/mol. The van der Waals surface area contributed by atoms with Gasteiger partial charge in [-0.15, -0.1) is 0 Å². The predicted molar refractivity (Wildman–Crippen MR) is 75.2 cm³/mol. The summed E-state index contributed by atoms with van der Waals surface area (Å²) in [5.41, 5.74) is 2.91. The van der Waals surface area contributed by atoms with E-state index in [4.69, 9.17) is 4.84 Å². The number of nitrogens with zero attached hydrogens (tertiary/aromatic N) is 1. The molecule has 100 valence electrons. The van der Waals surface area contributed by atoms with Gasteiger partial charge in [0.1, 0.15) is 6.10 Å². The first kappa shape index (κ1) is 13.6. The molecule has 0 amide bonds. The Hall–Kier alpha value is -0.860. The first-order valence-electron chi connectivity index (χ1n) is 6.88. The van der Waals surface area contributed by atoms with Crippen LogP contribution in [0.4, 0.5) is 0 Å². The van der Waals surface area contributed by atoms with Crippen molar-refractivity contribution in [3.63, 3.8) is 0 Å². The molecule has 0 aliphatic carbocycles. The topological polar surface area (TPSA) is 12.5 Å². The Balaban J connectivity index is 2.07. The maximum Gasteiger partial charge on any atom is 0.106 e. The van der Waals surface area contributed by atoms with Crippen molar-refractivity contribution in [3.05, 3.63) is 35.4 Å². The molecule has 1 aliphatic heterocycles. The molecule has 2 heteroatoms. The zero-order valence-corrected chi connectivity index (χ0v) is 12.2. The van der Waals surface area contributed by atoms with Crippen molar-refractivity contribution < 1.29 is 4.84 Å². The summed E-state index contributed by atoms with van der Waals surface area (Å²) >= 11 is 0. The molecule has 0 spiro atoms. The smallest absolute Gasteiger partial charge is 0.106 e. The Bertz CT molecular complexity index is 408.